The Hall–Kier alpha value is -1.35. The molecule has 0 bridgehead atoms. The van der Waals surface area contributed by atoms with E-state index in [1.807, 2.05) is 19.9 Å². The molecule has 0 amide bonds. The van der Waals surface area contributed by atoms with Crippen LogP contribution >= 0.6 is 0 Å². The van der Waals surface area contributed by atoms with E-state index in [4.69, 9.17) is 4.74 Å². The zero-order valence-corrected chi connectivity index (χ0v) is 12.8. The maximum atomic E-state index is 5.67. The predicted octanol–water partition coefficient (Wildman–Crippen LogP) is 3.62. The van der Waals surface area contributed by atoms with E-state index >= 15 is 0 Å². The predicted molar refractivity (Wildman–Crippen MR) is 80.5 cm³/mol. The van der Waals surface area contributed by atoms with Crippen LogP contribution in [-0.2, 0) is 6.54 Å². The molecule has 1 aromatic heterocycles. The minimum absolute atomic E-state index is 0.109. The number of hydrogen-bond acceptors (Lipinski definition) is 3. The third kappa shape index (κ3) is 6.97. The lowest BCUT2D eigenvalue weighted by Gasteiger charge is -2.20. The number of aryl methyl sites for hydroxylation is 1. The Balaban J connectivity index is 2.63. The van der Waals surface area contributed by atoms with Gasteiger partial charge < -0.3 is 10.1 Å². The molecule has 0 spiro atoms. The van der Waals surface area contributed by atoms with Crippen molar-refractivity contribution in [3.8, 4) is 5.88 Å². The Morgan fingerprint density at radius 3 is 2.63 bits per heavy atom. The third-order valence-corrected chi connectivity index (χ3v) is 2.59. The zero-order chi connectivity index (χ0) is 14.5. The average molecular weight is 262 g/mol. The Labute approximate surface area is 117 Å². The molecule has 0 saturated heterocycles. The Morgan fingerprint density at radius 1 is 1.37 bits per heavy atom. The number of nitrogens with one attached hydrogen (secondary N) is 1. The van der Waals surface area contributed by atoms with Crippen LogP contribution in [0.3, 0.4) is 0 Å². The first kappa shape index (κ1) is 15.7. The van der Waals surface area contributed by atoms with E-state index in [2.05, 4.69) is 43.7 Å². The van der Waals surface area contributed by atoms with Gasteiger partial charge >= 0.3 is 0 Å². The highest BCUT2D eigenvalue weighted by Crippen LogP contribution is 2.14. The van der Waals surface area contributed by atoms with E-state index < -0.39 is 0 Å². The fraction of sp³-hybridized carbons (Fsp3) is 0.562. The van der Waals surface area contributed by atoms with Gasteiger partial charge in [0.2, 0.25) is 5.88 Å². The number of ether oxygens (including phenoxy) is 1. The van der Waals surface area contributed by atoms with Gasteiger partial charge in [-0.05, 0) is 46.2 Å². The van der Waals surface area contributed by atoms with Crippen LogP contribution in [0.5, 0.6) is 5.88 Å². The molecule has 0 saturated carbocycles. The molecule has 1 N–H and O–H groups in total. The van der Waals surface area contributed by atoms with Crippen molar-refractivity contribution in [2.24, 2.45) is 0 Å². The fourth-order valence-electron chi connectivity index (χ4n) is 1.58. The van der Waals surface area contributed by atoms with Crippen LogP contribution in [-0.4, -0.2) is 17.1 Å². The summed E-state index contributed by atoms with van der Waals surface area (Å²) < 4.78 is 5.67. The summed E-state index contributed by atoms with van der Waals surface area (Å²) in [4.78, 5) is 4.40. The molecule has 0 radical (unpaired) electrons. The number of pyridine rings is 1. The first-order valence-corrected chi connectivity index (χ1v) is 6.76. The minimum Gasteiger partial charge on any atom is -0.477 e. The van der Waals surface area contributed by atoms with Gasteiger partial charge in [0.15, 0.2) is 0 Å². The summed E-state index contributed by atoms with van der Waals surface area (Å²) in [6.45, 7) is 15.8. The smallest absolute Gasteiger partial charge is 0.213 e. The highest BCUT2D eigenvalue weighted by molar-refractivity contribution is 5.24. The Kier molecular flexibility index (Phi) is 5.55. The van der Waals surface area contributed by atoms with Crippen molar-refractivity contribution in [1.82, 2.24) is 10.3 Å². The molecule has 1 heterocycles. The monoisotopic (exact) mass is 262 g/mol. The summed E-state index contributed by atoms with van der Waals surface area (Å²) in [5.74, 6) is 0.701. The largest absolute Gasteiger partial charge is 0.477 e. The molecule has 19 heavy (non-hydrogen) atoms. The second kappa shape index (κ2) is 6.71. The normalized spacial score (nSPS) is 11.4. The second-order valence-corrected chi connectivity index (χ2v) is 6.11. The van der Waals surface area contributed by atoms with Gasteiger partial charge in [-0.25, -0.2) is 4.98 Å². The molecule has 1 rings (SSSR count). The van der Waals surface area contributed by atoms with Crippen molar-refractivity contribution in [2.75, 3.05) is 6.61 Å². The molecule has 3 heteroatoms. The number of nitrogens with zero attached hydrogens (tertiary/aromatic N) is 1. The first-order chi connectivity index (χ1) is 8.76. The lowest BCUT2D eigenvalue weighted by molar-refractivity contribution is 0.308. The quantitative estimate of drug-likeness (QED) is 0.795. The van der Waals surface area contributed by atoms with Gasteiger partial charge in [-0.2, -0.15) is 0 Å². The Bertz CT molecular complexity index is 433. The highest BCUT2D eigenvalue weighted by Gasteiger charge is 2.09. The van der Waals surface area contributed by atoms with Gasteiger partial charge in [0.05, 0.1) is 6.61 Å². The van der Waals surface area contributed by atoms with E-state index in [1.54, 1.807) is 0 Å². The molecule has 0 atom stereocenters. The molecule has 106 valence electrons. The van der Waals surface area contributed by atoms with Gasteiger partial charge in [0.25, 0.3) is 0 Å². The first-order valence-electron chi connectivity index (χ1n) is 6.76. The second-order valence-electron chi connectivity index (χ2n) is 6.11. The van der Waals surface area contributed by atoms with E-state index in [0.717, 1.165) is 24.2 Å². The Morgan fingerprint density at radius 2 is 2.05 bits per heavy atom. The van der Waals surface area contributed by atoms with Crippen molar-refractivity contribution in [3.05, 3.63) is 35.5 Å². The maximum absolute atomic E-state index is 5.67. The summed E-state index contributed by atoms with van der Waals surface area (Å²) in [5.41, 5.74) is 3.42. The van der Waals surface area contributed by atoms with Crippen LogP contribution < -0.4 is 10.1 Å². The third-order valence-electron chi connectivity index (χ3n) is 2.59. The van der Waals surface area contributed by atoms with Crippen molar-refractivity contribution in [1.29, 1.82) is 0 Å². The standard InChI is InChI=1S/C16H26N2O/c1-12(2)7-8-19-15-10-14(9-13(3)18-15)11-17-16(4,5)6/h9-10,17H,1,7-8,11H2,2-6H3. The SMILES string of the molecule is C=C(C)CCOc1cc(CNC(C)(C)C)cc(C)n1. The number of hydrogen-bond donors (Lipinski definition) is 1. The van der Waals surface area contributed by atoms with Crippen molar-refractivity contribution >= 4 is 0 Å². The molecule has 1 aromatic rings. The molecule has 0 fully saturated rings. The van der Waals surface area contributed by atoms with E-state index in [-0.39, 0.29) is 5.54 Å². The molecule has 0 aliphatic heterocycles. The number of rotatable bonds is 6. The van der Waals surface area contributed by atoms with Crippen LogP contribution in [0.2, 0.25) is 0 Å². The molecule has 0 unspecified atom stereocenters. The zero-order valence-electron chi connectivity index (χ0n) is 12.8. The summed E-state index contributed by atoms with van der Waals surface area (Å²) >= 11 is 0. The molecular formula is C16H26N2O. The van der Waals surface area contributed by atoms with E-state index in [0.29, 0.717) is 12.5 Å². The molecule has 0 aromatic carbocycles. The fourth-order valence-corrected chi connectivity index (χ4v) is 1.58. The summed E-state index contributed by atoms with van der Waals surface area (Å²) in [5, 5.41) is 3.47. The van der Waals surface area contributed by atoms with Gasteiger partial charge in [0, 0.05) is 30.3 Å². The van der Waals surface area contributed by atoms with Crippen molar-refractivity contribution < 1.29 is 4.74 Å². The van der Waals surface area contributed by atoms with Gasteiger partial charge in [-0.3, -0.25) is 0 Å². The summed E-state index contributed by atoms with van der Waals surface area (Å²) in [7, 11) is 0. The highest BCUT2D eigenvalue weighted by atomic mass is 16.5. The maximum Gasteiger partial charge on any atom is 0.213 e. The lowest BCUT2D eigenvalue weighted by atomic mass is 10.1. The summed E-state index contributed by atoms with van der Waals surface area (Å²) in [6.07, 6.45) is 0.866. The van der Waals surface area contributed by atoms with Crippen molar-refractivity contribution in [2.45, 2.75) is 53.1 Å². The molecule has 0 aliphatic rings. The topological polar surface area (TPSA) is 34.1 Å². The van der Waals surface area contributed by atoms with Crippen LogP contribution in [0.1, 0.15) is 45.4 Å². The van der Waals surface area contributed by atoms with Crippen LogP contribution in [0.4, 0.5) is 0 Å². The summed E-state index contributed by atoms with van der Waals surface area (Å²) in [6, 6.07) is 4.09. The lowest BCUT2D eigenvalue weighted by Crippen LogP contribution is -2.35. The average Bonchev–Trinajstić information content (AvgIpc) is 2.24. The van der Waals surface area contributed by atoms with Gasteiger partial charge in [-0.1, -0.05) is 5.57 Å². The van der Waals surface area contributed by atoms with Gasteiger partial charge in [0.1, 0.15) is 0 Å². The van der Waals surface area contributed by atoms with Crippen LogP contribution in [0.15, 0.2) is 24.3 Å². The minimum atomic E-state index is 0.109. The molecule has 0 aliphatic carbocycles. The number of aromatic nitrogens is 1. The van der Waals surface area contributed by atoms with Crippen LogP contribution in [0, 0.1) is 6.92 Å². The van der Waals surface area contributed by atoms with Gasteiger partial charge in [-0.15, -0.1) is 6.58 Å². The van der Waals surface area contributed by atoms with Crippen LogP contribution in [0.25, 0.3) is 0 Å². The van der Waals surface area contributed by atoms with E-state index in [1.165, 1.54) is 5.56 Å². The molecular weight excluding hydrogens is 236 g/mol. The molecule has 3 nitrogen and oxygen atoms in total. The van der Waals surface area contributed by atoms with Crippen molar-refractivity contribution in [3.63, 3.8) is 0 Å². The van der Waals surface area contributed by atoms with E-state index in [9.17, 15) is 0 Å².